The Labute approximate surface area is 163 Å². The number of aromatic nitrogens is 2. The molecule has 0 unspecified atom stereocenters. The van der Waals surface area contributed by atoms with E-state index in [1.807, 2.05) is 13.8 Å². The number of rotatable bonds is 3. The molecule has 2 amide bonds. The molecular weight excluding hydrogens is 394 g/mol. The molecule has 6 nitrogen and oxygen atoms in total. The highest BCUT2D eigenvalue weighted by molar-refractivity contribution is 6.33. The summed E-state index contributed by atoms with van der Waals surface area (Å²) in [5.74, 6) is -0.763. The Kier molecular flexibility index (Phi) is 5.08. The minimum Gasteiger partial charge on any atom is -0.351 e. The summed E-state index contributed by atoms with van der Waals surface area (Å²) in [6.45, 7) is 3.70. The number of primary amides is 1. The third-order valence-electron chi connectivity index (χ3n) is 4.01. The van der Waals surface area contributed by atoms with E-state index in [1.165, 1.54) is 6.07 Å². The number of urea groups is 1. The molecule has 0 atom stereocenters. The van der Waals surface area contributed by atoms with Gasteiger partial charge in [0.25, 0.3) is 5.56 Å². The van der Waals surface area contributed by atoms with Gasteiger partial charge in [-0.2, -0.15) is 0 Å². The van der Waals surface area contributed by atoms with Gasteiger partial charge in [0.15, 0.2) is 0 Å². The van der Waals surface area contributed by atoms with E-state index < -0.39 is 11.8 Å². The standard InChI is InChI=1S/C18H15Cl2FN4O2/c1-8(2)25-15-6-16(20)23-7-9(15)3-11(17(25)26)10-4-14(24-18(22)27)13(21)5-12(10)19/h3-8H,1-2H3,(H3,22,24,27). The van der Waals surface area contributed by atoms with Crippen LogP contribution in [0.4, 0.5) is 14.9 Å². The molecule has 27 heavy (non-hydrogen) atoms. The molecule has 0 saturated heterocycles. The van der Waals surface area contributed by atoms with Crippen molar-refractivity contribution >= 4 is 45.8 Å². The molecule has 2 aromatic heterocycles. The van der Waals surface area contributed by atoms with Crippen molar-refractivity contribution in [2.75, 3.05) is 5.32 Å². The molecule has 0 radical (unpaired) electrons. The lowest BCUT2D eigenvalue weighted by Gasteiger charge is -2.17. The molecule has 0 fully saturated rings. The quantitative estimate of drug-likeness (QED) is 0.621. The normalized spacial score (nSPS) is 11.2. The molecule has 3 N–H and O–H groups in total. The number of pyridine rings is 2. The lowest BCUT2D eigenvalue weighted by molar-refractivity contribution is 0.259. The minimum atomic E-state index is -0.931. The SMILES string of the molecule is CC(C)n1c(=O)c(-c2cc(NC(N)=O)c(F)cc2Cl)cc2cnc(Cl)cc21. The summed E-state index contributed by atoms with van der Waals surface area (Å²) in [5.41, 5.74) is 5.67. The topological polar surface area (TPSA) is 90.0 Å². The van der Waals surface area contributed by atoms with E-state index in [1.54, 1.807) is 22.9 Å². The van der Waals surface area contributed by atoms with Gasteiger partial charge in [0, 0.05) is 28.8 Å². The molecule has 9 heteroatoms. The zero-order valence-corrected chi connectivity index (χ0v) is 15.9. The first-order valence-corrected chi connectivity index (χ1v) is 8.71. The smallest absolute Gasteiger partial charge is 0.316 e. The summed E-state index contributed by atoms with van der Waals surface area (Å²) in [6, 6.07) is 4.39. The molecule has 0 aliphatic carbocycles. The second-order valence-corrected chi connectivity index (χ2v) is 6.99. The minimum absolute atomic E-state index is 0.0243. The van der Waals surface area contributed by atoms with Gasteiger partial charge in [-0.05, 0) is 38.1 Å². The fourth-order valence-corrected chi connectivity index (χ4v) is 3.30. The summed E-state index contributed by atoms with van der Waals surface area (Å²) < 4.78 is 15.6. The zero-order chi connectivity index (χ0) is 19.9. The molecule has 0 bridgehead atoms. The number of nitrogens with zero attached hydrogens (tertiary/aromatic N) is 2. The van der Waals surface area contributed by atoms with Crippen LogP contribution in [-0.4, -0.2) is 15.6 Å². The Hall–Kier alpha value is -2.64. The van der Waals surface area contributed by atoms with Crippen molar-refractivity contribution in [3.63, 3.8) is 0 Å². The molecule has 0 spiro atoms. The lowest BCUT2D eigenvalue weighted by atomic mass is 10.0. The van der Waals surface area contributed by atoms with Crippen molar-refractivity contribution in [1.82, 2.24) is 9.55 Å². The first-order chi connectivity index (χ1) is 12.7. The number of fused-ring (bicyclic) bond motifs is 1. The van der Waals surface area contributed by atoms with Gasteiger partial charge in [-0.3, -0.25) is 4.79 Å². The van der Waals surface area contributed by atoms with Gasteiger partial charge < -0.3 is 15.6 Å². The molecule has 2 heterocycles. The number of halogens is 3. The fourth-order valence-electron chi connectivity index (χ4n) is 2.90. The number of benzene rings is 1. The van der Waals surface area contributed by atoms with Crippen LogP contribution >= 0.6 is 23.2 Å². The van der Waals surface area contributed by atoms with Crippen molar-refractivity contribution in [3.8, 4) is 11.1 Å². The van der Waals surface area contributed by atoms with E-state index >= 15 is 0 Å². The fraction of sp³-hybridized carbons (Fsp3) is 0.167. The number of nitrogens with one attached hydrogen (secondary N) is 1. The predicted molar refractivity (Wildman–Crippen MR) is 105 cm³/mol. The summed E-state index contributed by atoms with van der Waals surface area (Å²) in [5, 5.41) is 3.12. The number of carbonyl (C=O) groups excluding carboxylic acids is 1. The van der Waals surface area contributed by atoms with Crippen LogP contribution in [0.3, 0.4) is 0 Å². The maximum Gasteiger partial charge on any atom is 0.316 e. The predicted octanol–water partition coefficient (Wildman–Crippen LogP) is 4.58. The number of carbonyl (C=O) groups is 1. The second-order valence-electron chi connectivity index (χ2n) is 6.19. The first kappa shape index (κ1) is 19.1. The Morgan fingerprint density at radius 3 is 2.56 bits per heavy atom. The Bertz CT molecular complexity index is 1130. The van der Waals surface area contributed by atoms with Gasteiger partial charge in [-0.25, -0.2) is 14.2 Å². The monoisotopic (exact) mass is 408 g/mol. The van der Waals surface area contributed by atoms with E-state index in [2.05, 4.69) is 10.3 Å². The Morgan fingerprint density at radius 1 is 1.22 bits per heavy atom. The van der Waals surface area contributed by atoms with Crippen molar-refractivity contribution in [2.45, 2.75) is 19.9 Å². The van der Waals surface area contributed by atoms with Crippen molar-refractivity contribution in [2.24, 2.45) is 5.73 Å². The number of hydrogen-bond donors (Lipinski definition) is 2. The summed E-state index contributed by atoms with van der Waals surface area (Å²) in [4.78, 5) is 28.3. The maximum absolute atomic E-state index is 14.0. The van der Waals surface area contributed by atoms with Crippen molar-refractivity contribution < 1.29 is 9.18 Å². The van der Waals surface area contributed by atoms with Gasteiger partial charge in [-0.15, -0.1) is 0 Å². The van der Waals surface area contributed by atoms with Crippen LogP contribution in [0.1, 0.15) is 19.9 Å². The van der Waals surface area contributed by atoms with Gasteiger partial charge >= 0.3 is 6.03 Å². The lowest BCUT2D eigenvalue weighted by Crippen LogP contribution is -2.24. The van der Waals surface area contributed by atoms with Crippen LogP contribution in [0.2, 0.25) is 10.2 Å². The third kappa shape index (κ3) is 3.61. The summed E-state index contributed by atoms with van der Waals surface area (Å²) in [7, 11) is 0. The Balaban J connectivity index is 2.35. The number of nitrogens with two attached hydrogens (primary N) is 1. The first-order valence-electron chi connectivity index (χ1n) is 7.95. The molecule has 3 rings (SSSR count). The van der Waals surface area contributed by atoms with Gasteiger partial charge in [0.1, 0.15) is 11.0 Å². The van der Waals surface area contributed by atoms with Crippen LogP contribution < -0.4 is 16.6 Å². The molecule has 1 aromatic carbocycles. The molecule has 0 saturated carbocycles. The number of amides is 2. The van der Waals surface area contributed by atoms with Crippen LogP contribution in [0.15, 0.2) is 35.3 Å². The van der Waals surface area contributed by atoms with Crippen molar-refractivity contribution in [1.29, 1.82) is 0 Å². The highest BCUT2D eigenvalue weighted by Gasteiger charge is 2.18. The van der Waals surface area contributed by atoms with E-state index in [-0.39, 0.29) is 38.6 Å². The van der Waals surface area contributed by atoms with Crippen LogP contribution in [-0.2, 0) is 0 Å². The van der Waals surface area contributed by atoms with Crippen LogP contribution in [0.5, 0.6) is 0 Å². The Morgan fingerprint density at radius 2 is 1.93 bits per heavy atom. The van der Waals surface area contributed by atoms with E-state index in [4.69, 9.17) is 28.9 Å². The second kappa shape index (κ2) is 7.17. The van der Waals surface area contributed by atoms with E-state index in [0.29, 0.717) is 10.9 Å². The molecular formula is C18H15Cl2FN4O2. The zero-order valence-electron chi connectivity index (χ0n) is 14.4. The third-order valence-corrected chi connectivity index (χ3v) is 4.53. The number of anilines is 1. The van der Waals surface area contributed by atoms with Gasteiger partial charge in [-0.1, -0.05) is 23.2 Å². The molecule has 3 aromatic rings. The summed E-state index contributed by atoms with van der Waals surface area (Å²) in [6.07, 6.45) is 1.54. The van der Waals surface area contributed by atoms with E-state index in [0.717, 1.165) is 6.07 Å². The molecule has 0 aliphatic rings. The number of hydrogen-bond acceptors (Lipinski definition) is 3. The van der Waals surface area contributed by atoms with Gasteiger partial charge in [0.05, 0.1) is 16.2 Å². The maximum atomic E-state index is 14.0. The van der Waals surface area contributed by atoms with E-state index in [9.17, 15) is 14.0 Å². The summed E-state index contributed by atoms with van der Waals surface area (Å²) >= 11 is 12.2. The highest BCUT2D eigenvalue weighted by Crippen LogP contribution is 2.33. The molecule has 0 aliphatic heterocycles. The largest absolute Gasteiger partial charge is 0.351 e. The van der Waals surface area contributed by atoms with Crippen molar-refractivity contribution in [3.05, 3.63) is 56.8 Å². The van der Waals surface area contributed by atoms with Gasteiger partial charge in [0.2, 0.25) is 0 Å². The molecule has 140 valence electrons. The van der Waals surface area contributed by atoms with Crippen LogP contribution in [0, 0.1) is 5.82 Å². The average Bonchev–Trinajstić information content (AvgIpc) is 2.56. The van der Waals surface area contributed by atoms with Crippen LogP contribution in [0.25, 0.3) is 22.0 Å². The average molecular weight is 409 g/mol. The highest BCUT2D eigenvalue weighted by atomic mass is 35.5.